The van der Waals surface area contributed by atoms with Gasteiger partial charge < -0.3 is 14.7 Å². The van der Waals surface area contributed by atoms with Crippen molar-refractivity contribution in [2.45, 2.75) is 13.8 Å². The average Bonchev–Trinajstić information content (AvgIpc) is 2.16. The second kappa shape index (κ2) is 5.29. The first-order valence-corrected chi connectivity index (χ1v) is 4.94. The third kappa shape index (κ3) is 3.38. The summed E-state index contributed by atoms with van der Waals surface area (Å²) in [4.78, 5) is 20.3. The molecule has 1 N–H and O–H groups in total. The van der Waals surface area contributed by atoms with Gasteiger partial charge in [0.1, 0.15) is 18.2 Å². The third-order valence-corrected chi connectivity index (χ3v) is 1.86. The van der Waals surface area contributed by atoms with E-state index in [9.17, 15) is 4.79 Å². The van der Waals surface area contributed by atoms with Crippen LogP contribution in [0.4, 0.5) is 5.82 Å². The van der Waals surface area contributed by atoms with Crippen molar-refractivity contribution in [3.63, 3.8) is 0 Å². The topological polar surface area (TPSA) is 75.5 Å². The minimum atomic E-state index is -0.906. The molecule has 0 unspecified atom stereocenters. The fourth-order valence-electron chi connectivity index (χ4n) is 1.23. The van der Waals surface area contributed by atoms with E-state index in [2.05, 4.69) is 9.97 Å². The zero-order valence-electron chi connectivity index (χ0n) is 9.60. The molecule has 0 aliphatic carbocycles. The molecule has 0 atom stereocenters. The van der Waals surface area contributed by atoms with Crippen LogP contribution in [0.15, 0.2) is 6.07 Å². The van der Waals surface area contributed by atoms with Crippen molar-refractivity contribution in [1.29, 1.82) is 0 Å². The number of aliphatic carboxylic acids is 1. The van der Waals surface area contributed by atoms with E-state index >= 15 is 0 Å². The van der Waals surface area contributed by atoms with Crippen LogP contribution in [0, 0.1) is 6.92 Å². The Bertz CT molecular complexity index is 382. The van der Waals surface area contributed by atoms with Crippen molar-refractivity contribution in [2.75, 3.05) is 25.1 Å². The Morgan fingerprint density at radius 3 is 2.81 bits per heavy atom. The SMILES string of the molecule is CCOc1cc(N(C)CC(=O)O)nc(C)n1. The zero-order chi connectivity index (χ0) is 12.1. The Kier molecular flexibility index (Phi) is 4.04. The highest BCUT2D eigenvalue weighted by Crippen LogP contribution is 2.16. The number of carbonyl (C=O) groups is 1. The first kappa shape index (κ1) is 12.2. The molecule has 1 aromatic rings. The molecule has 1 aromatic heterocycles. The lowest BCUT2D eigenvalue weighted by Crippen LogP contribution is -2.26. The molecule has 0 radical (unpaired) electrons. The lowest BCUT2D eigenvalue weighted by molar-refractivity contribution is -0.135. The van der Waals surface area contributed by atoms with Crippen LogP contribution in [0.3, 0.4) is 0 Å². The predicted octanol–water partition coefficient (Wildman–Crippen LogP) is 0.705. The molecule has 0 saturated heterocycles. The molecule has 0 saturated carbocycles. The summed E-state index contributed by atoms with van der Waals surface area (Å²) in [5.41, 5.74) is 0. The number of likely N-dealkylation sites (N-methyl/N-ethyl adjacent to an activating group) is 1. The molecule has 0 amide bonds. The normalized spacial score (nSPS) is 9.94. The molecule has 1 heterocycles. The Morgan fingerprint density at radius 2 is 2.25 bits per heavy atom. The van der Waals surface area contributed by atoms with Crippen LogP contribution < -0.4 is 9.64 Å². The van der Waals surface area contributed by atoms with E-state index in [1.165, 1.54) is 4.90 Å². The van der Waals surface area contributed by atoms with E-state index in [-0.39, 0.29) is 6.54 Å². The van der Waals surface area contributed by atoms with Crippen molar-refractivity contribution in [1.82, 2.24) is 9.97 Å². The molecule has 0 fully saturated rings. The van der Waals surface area contributed by atoms with Crippen LogP contribution in [-0.2, 0) is 4.79 Å². The molecule has 6 heteroatoms. The van der Waals surface area contributed by atoms with Crippen LogP contribution >= 0.6 is 0 Å². The Labute approximate surface area is 93.9 Å². The molecule has 0 bridgehead atoms. The summed E-state index contributed by atoms with van der Waals surface area (Å²) in [5, 5.41) is 8.67. The highest BCUT2D eigenvalue weighted by molar-refractivity contribution is 5.73. The number of hydrogen-bond donors (Lipinski definition) is 1. The van der Waals surface area contributed by atoms with Gasteiger partial charge in [0.2, 0.25) is 5.88 Å². The number of rotatable bonds is 5. The minimum Gasteiger partial charge on any atom is -0.480 e. The molecule has 0 aliphatic heterocycles. The summed E-state index contributed by atoms with van der Waals surface area (Å²) in [6.45, 7) is 4.00. The molecule has 1 rings (SSSR count). The van der Waals surface area contributed by atoms with Crippen molar-refractivity contribution >= 4 is 11.8 Å². The van der Waals surface area contributed by atoms with Crippen LogP contribution in [0.1, 0.15) is 12.7 Å². The second-order valence-electron chi connectivity index (χ2n) is 3.29. The third-order valence-electron chi connectivity index (χ3n) is 1.86. The Hall–Kier alpha value is -1.85. The maximum atomic E-state index is 10.6. The smallest absolute Gasteiger partial charge is 0.323 e. The lowest BCUT2D eigenvalue weighted by atomic mass is 10.4. The van der Waals surface area contributed by atoms with Gasteiger partial charge in [-0.25, -0.2) is 4.98 Å². The first-order chi connectivity index (χ1) is 7.52. The van der Waals surface area contributed by atoms with Gasteiger partial charge in [0.15, 0.2) is 0 Å². The van der Waals surface area contributed by atoms with Gasteiger partial charge in [-0.1, -0.05) is 0 Å². The van der Waals surface area contributed by atoms with E-state index in [1.54, 1.807) is 20.0 Å². The summed E-state index contributed by atoms with van der Waals surface area (Å²) in [6.07, 6.45) is 0. The van der Waals surface area contributed by atoms with Gasteiger partial charge in [-0.05, 0) is 13.8 Å². The highest BCUT2D eigenvalue weighted by atomic mass is 16.5. The number of carboxylic acid groups (broad SMARTS) is 1. The van der Waals surface area contributed by atoms with Crippen LogP contribution in [0.5, 0.6) is 5.88 Å². The largest absolute Gasteiger partial charge is 0.480 e. The van der Waals surface area contributed by atoms with Gasteiger partial charge in [0.05, 0.1) is 6.61 Å². The molecule has 6 nitrogen and oxygen atoms in total. The van der Waals surface area contributed by atoms with Gasteiger partial charge in [-0.2, -0.15) is 4.98 Å². The van der Waals surface area contributed by atoms with E-state index in [4.69, 9.17) is 9.84 Å². The maximum Gasteiger partial charge on any atom is 0.323 e. The van der Waals surface area contributed by atoms with E-state index in [0.29, 0.717) is 24.1 Å². The number of aryl methyl sites for hydroxylation is 1. The first-order valence-electron chi connectivity index (χ1n) is 4.94. The summed E-state index contributed by atoms with van der Waals surface area (Å²) >= 11 is 0. The predicted molar refractivity (Wildman–Crippen MR) is 58.8 cm³/mol. The zero-order valence-corrected chi connectivity index (χ0v) is 9.60. The van der Waals surface area contributed by atoms with Gasteiger partial charge in [-0.15, -0.1) is 0 Å². The molecular formula is C10H15N3O3. The number of nitrogens with zero attached hydrogens (tertiary/aromatic N) is 3. The van der Waals surface area contributed by atoms with Gasteiger partial charge in [0, 0.05) is 13.1 Å². The van der Waals surface area contributed by atoms with Crippen LogP contribution in [0.25, 0.3) is 0 Å². The molecule has 0 aliphatic rings. The van der Waals surface area contributed by atoms with Gasteiger partial charge >= 0.3 is 5.97 Å². The summed E-state index contributed by atoms with van der Waals surface area (Å²) < 4.78 is 5.26. The van der Waals surface area contributed by atoms with Gasteiger partial charge in [-0.3, -0.25) is 4.79 Å². The Balaban J connectivity index is 2.90. The van der Waals surface area contributed by atoms with Crippen LogP contribution in [-0.4, -0.2) is 41.2 Å². The summed E-state index contributed by atoms with van der Waals surface area (Å²) in [7, 11) is 1.66. The summed E-state index contributed by atoms with van der Waals surface area (Å²) in [6, 6.07) is 1.62. The number of ether oxygens (including phenoxy) is 1. The molecule has 0 aromatic carbocycles. The standard InChI is InChI=1S/C10H15N3O3/c1-4-16-9-5-8(11-7(2)12-9)13(3)6-10(14)15/h5H,4,6H2,1-3H3,(H,14,15). The van der Waals surface area contributed by atoms with Crippen molar-refractivity contribution in [3.8, 4) is 5.88 Å². The molecule has 88 valence electrons. The fourth-order valence-corrected chi connectivity index (χ4v) is 1.23. The quantitative estimate of drug-likeness (QED) is 0.795. The van der Waals surface area contributed by atoms with Crippen molar-refractivity contribution in [2.24, 2.45) is 0 Å². The molecule has 16 heavy (non-hydrogen) atoms. The maximum absolute atomic E-state index is 10.6. The fraction of sp³-hybridized carbons (Fsp3) is 0.500. The van der Waals surface area contributed by atoms with E-state index in [1.807, 2.05) is 6.92 Å². The number of aromatic nitrogens is 2. The number of carboxylic acids is 1. The summed E-state index contributed by atoms with van der Waals surface area (Å²) in [5.74, 6) is 0.649. The number of anilines is 1. The van der Waals surface area contributed by atoms with E-state index in [0.717, 1.165) is 0 Å². The Morgan fingerprint density at radius 1 is 1.56 bits per heavy atom. The van der Waals surface area contributed by atoms with Crippen molar-refractivity contribution in [3.05, 3.63) is 11.9 Å². The molecule has 0 spiro atoms. The second-order valence-corrected chi connectivity index (χ2v) is 3.29. The van der Waals surface area contributed by atoms with Gasteiger partial charge in [0.25, 0.3) is 0 Å². The van der Waals surface area contributed by atoms with Crippen LogP contribution in [0.2, 0.25) is 0 Å². The number of hydrogen-bond acceptors (Lipinski definition) is 5. The minimum absolute atomic E-state index is 0.109. The van der Waals surface area contributed by atoms with E-state index < -0.39 is 5.97 Å². The monoisotopic (exact) mass is 225 g/mol. The molecular weight excluding hydrogens is 210 g/mol. The lowest BCUT2D eigenvalue weighted by Gasteiger charge is -2.16. The average molecular weight is 225 g/mol. The highest BCUT2D eigenvalue weighted by Gasteiger charge is 2.09. The van der Waals surface area contributed by atoms with Crippen molar-refractivity contribution < 1.29 is 14.6 Å².